The lowest BCUT2D eigenvalue weighted by Crippen LogP contribution is -2.29. The van der Waals surface area contributed by atoms with Crippen molar-refractivity contribution in [2.45, 2.75) is 37.7 Å². The minimum atomic E-state index is -0.881. The molecule has 0 aromatic heterocycles. The van der Waals surface area contributed by atoms with Gasteiger partial charge in [0.05, 0.1) is 16.2 Å². The highest BCUT2D eigenvalue weighted by atomic mass is 32.2. The van der Waals surface area contributed by atoms with Crippen molar-refractivity contribution in [3.63, 3.8) is 0 Å². The lowest BCUT2D eigenvalue weighted by Gasteiger charge is -2.21. The topological polar surface area (TPSA) is 111 Å². The standard InChI is InChI=1S/C22H25N3O5S/c1-14-6-7-19(25(28)29)15(2)20(14)24-22(27)21(26)23-17-5-3-4-16(12-17)13-31-18-8-10-30-11-9-18/h3-7,12,18H,8-11,13H2,1-2H3,(H,23,26)(H,24,27). The molecule has 1 aliphatic rings. The van der Waals surface area contributed by atoms with Crippen molar-refractivity contribution in [3.05, 3.63) is 63.2 Å². The first kappa shape index (κ1) is 22.8. The van der Waals surface area contributed by atoms with E-state index in [1.807, 2.05) is 30.0 Å². The van der Waals surface area contributed by atoms with Crippen LogP contribution in [0.15, 0.2) is 36.4 Å². The van der Waals surface area contributed by atoms with Crippen molar-refractivity contribution in [1.29, 1.82) is 0 Å². The van der Waals surface area contributed by atoms with E-state index in [0.29, 0.717) is 22.1 Å². The van der Waals surface area contributed by atoms with Crippen LogP contribution in [0.2, 0.25) is 0 Å². The van der Waals surface area contributed by atoms with Gasteiger partial charge < -0.3 is 15.4 Å². The molecule has 1 aliphatic heterocycles. The zero-order valence-electron chi connectivity index (χ0n) is 17.5. The number of nitro groups is 1. The molecule has 9 heteroatoms. The Morgan fingerprint density at radius 3 is 2.55 bits per heavy atom. The smallest absolute Gasteiger partial charge is 0.314 e. The average Bonchev–Trinajstić information content (AvgIpc) is 2.75. The largest absolute Gasteiger partial charge is 0.381 e. The predicted molar refractivity (Wildman–Crippen MR) is 121 cm³/mol. The van der Waals surface area contributed by atoms with E-state index >= 15 is 0 Å². The maximum absolute atomic E-state index is 12.4. The molecular weight excluding hydrogens is 418 g/mol. The lowest BCUT2D eigenvalue weighted by molar-refractivity contribution is -0.385. The molecule has 8 nitrogen and oxygen atoms in total. The molecule has 2 aromatic carbocycles. The molecule has 1 saturated heterocycles. The molecule has 2 N–H and O–H groups in total. The van der Waals surface area contributed by atoms with Crippen LogP contribution in [0.25, 0.3) is 0 Å². The lowest BCUT2D eigenvalue weighted by atomic mass is 10.1. The Bertz CT molecular complexity index is 989. The van der Waals surface area contributed by atoms with E-state index < -0.39 is 16.7 Å². The van der Waals surface area contributed by atoms with Crippen LogP contribution in [0.4, 0.5) is 17.1 Å². The maximum Gasteiger partial charge on any atom is 0.314 e. The summed E-state index contributed by atoms with van der Waals surface area (Å²) in [6.45, 7) is 4.85. The predicted octanol–water partition coefficient (Wildman–Crippen LogP) is 4.20. The van der Waals surface area contributed by atoms with Crippen LogP contribution in [-0.4, -0.2) is 35.2 Å². The molecule has 31 heavy (non-hydrogen) atoms. The van der Waals surface area contributed by atoms with E-state index in [1.54, 1.807) is 13.0 Å². The van der Waals surface area contributed by atoms with Crippen molar-refractivity contribution >= 4 is 40.6 Å². The molecule has 0 saturated carbocycles. The summed E-state index contributed by atoms with van der Waals surface area (Å²) in [4.78, 5) is 35.4. The van der Waals surface area contributed by atoms with E-state index in [-0.39, 0.29) is 11.4 Å². The summed E-state index contributed by atoms with van der Waals surface area (Å²) in [5, 5.41) is 16.8. The third-order valence-electron chi connectivity index (χ3n) is 5.13. The molecule has 0 bridgehead atoms. The molecule has 0 atom stereocenters. The third-order valence-corrected chi connectivity index (χ3v) is 6.57. The molecular formula is C22H25N3O5S. The van der Waals surface area contributed by atoms with Crippen LogP contribution in [0.5, 0.6) is 0 Å². The summed E-state index contributed by atoms with van der Waals surface area (Å²) in [7, 11) is 0. The number of rotatable bonds is 6. The highest BCUT2D eigenvalue weighted by Gasteiger charge is 2.21. The van der Waals surface area contributed by atoms with Crippen LogP contribution in [0.1, 0.15) is 29.5 Å². The summed E-state index contributed by atoms with van der Waals surface area (Å²) in [6, 6.07) is 10.3. The third kappa shape index (κ3) is 6.05. The van der Waals surface area contributed by atoms with Gasteiger partial charge in [0.2, 0.25) is 0 Å². The molecule has 3 rings (SSSR count). The number of amides is 2. The summed E-state index contributed by atoms with van der Waals surface area (Å²) >= 11 is 1.87. The minimum Gasteiger partial charge on any atom is -0.381 e. The van der Waals surface area contributed by atoms with Crippen molar-refractivity contribution < 1.29 is 19.2 Å². The van der Waals surface area contributed by atoms with E-state index in [2.05, 4.69) is 10.6 Å². The number of ether oxygens (including phenoxy) is 1. The summed E-state index contributed by atoms with van der Waals surface area (Å²) < 4.78 is 5.38. The monoisotopic (exact) mass is 443 g/mol. The number of nitrogens with zero attached hydrogens (tertiary/aromatic N) is 1. The van der Waals surface area contributed by atoms with E-state index in [4.69, 9.17) is 4.74 Å². The van der Waals surface area contributed by atoms with Crippen molar-refractivity contribution in [2.75, 3.05) is 23.8 Å². The highest BCUT2D eigenvalue weighted by molar-refractivity contribution is 7.99. The van der Waals surface area contributed by atoms with E-state index in [0.717, 1.165) is 37.4 Å². The second-order valence-corrected chi connectivity index (χ2v) is 8.68. The van der Waals surface area contributed by atoms with Gasteiger partial charge in [-0.3, -0.25) is 19.7 Å². The Morgan fingerprint density at radius 2 is 1.84 bits per heavy atom. The van der Waals surface area contributed by atoms with Gasteiger partial charge in [0.25, 0.3) is 5.69 Å². The number of hydrogen-bond donors (Lipinski definition) is 2. The normalized spacial score (nSPS) is 14.1. The summed E-state index contributed by atoms with van der Waals surface area (Å²) in [5.41, 5.74) is 2.68. The summed E-state index contributed by atoms with van der Waals surface area (Å²) in [5.74, 6) is -0.902. The van der Waals surface area contributed by atoms with E-state index in [1.165, 1.54) is 19.1 Å². The molecule has 0 spiro atoms. The minimum absolute atomic E-state index is 0.115. The molecule has 0 aliphatic carbocycles. The van der Waals surface area contributed by atoms with E-state index in [9.17, 15) is 19.7 Å². The van der Waals surface area contributed by atoms with Crippen LogP contribution in [0.3, 0.4) is 0 Å². The first-order valence-corrected chi connectivity index (χ1v) is 11.0. The number of nitro benzene ring substituents is 1. The van der Waals surface area contributed by atoms with Gasteiger partial charge in [-0.1, -0.05) is 18.2 Å². The molecule has 0 unspecified atom stereocenters. The molecule has 1 fully saturated rings. The maximum atomic E-state index is 12.4. The van der Waals surface area contributed by atoms with Gasteiger partial charge in [-0.15, -0.1) is 0 Å². The zero-order chi connectivity index (χ0) is 22.4. The van der Waals surface area contributed by atoms with Gasteiger partial charge >= 0.3 is 11.8 Å². The first-order valence-electron chi connectivity index (χ1n) is 10.0. The Morgan fingerprint density at radius 1 is 1.13 bits per heavy atom. The molecule has 2 aromatic rings. The number of nitrogens with one attached hydrogen (secondary N) is 2. The second-order valence-electron chi connectivity index (χ2n) is 7.39. The fourth-order valence-corrected chi connectivity index (χ4v) is 4.51. The number of anilines is 2. The Hall–Kier alpha value is -2.91. The first-order chi connectivity index (χ1) is 14.8. The Balaban J connectivity index is 1.62. The van der Waals surface area contributed by atoms with Gasteiger partial charge in [-0.05, 0) is 49.9 Å². The fourth-order valence-electron chi connectivity index (χ4n) is 3.38. The highest BCUT2D eigenvalue weighted by Crippen LogP contribution is 2.29. The number of carbonyl (C=O) groups excluding carboxylic acids is 2. The van der Waals surface area contributed by atoms with Crippen molar-refractivity contribution in [3.8, 4) is 0 Å². The van der Waals surface area contributed by atoms with Crippen molar-refractivity contribution in [2.24, 2.45) is 0 Å². The number of thioether (sulfide) groups is 1. The Labute approximate surface area is 184 Å². The van der Waals surface area contributed by atoms with Gasteiger partial charge in [0.1, 0.15) is 0 Å². The van der Waals surface area contributed by atoms with Gasteiger partial charge in [0.15, 0.2) is 0 Å². The van der Waals surface area contributed by atoms with Crippen LogP contribution in [-0.2, 0) is 20.1 Å². The SMILES string of the molecule is Cc1ccc([N+](=O)[O-])c(C)c1NC(=O)C(=O)Nc1cccc(CSC2CCOCC2)c1. The van der Waals surface area contributed by atoms with Gasteiger partial charge in [-0.2, -0.15) is 11.8 Å². The molecule has 2 amide bonds. The number of hydrogen-bond acceptors (Lipinski definition) is 6. The molecule has 0 radical (unpaired) electrons. The number of carbonyl (C=O) groups is 2. The van der Waals surface area contributed by atoms with Crippen LogP contribution >= 0.6 is 11.8 Å². The molecule has 164 valence electrons. The summed E-state index contributed by atoms with van der Waals surface area (Å²) in [6.07, 6.45) is 2.08. The van der Waals surface area contributed by atoms with Crippen LogP contribution in [0, 0.1) is 24.0 Å². The number of benzene rings is 2. The second kappa shape index (κ2) is 10.4. The average molecular weight is 444 g/mol. The fraction of sp³-hybridized carbons (Fsp3) is 0.364. The quantitative estimate of drug-likeness (QED) is 0.393. The zero-order valence-corrected chi connectivity index (χ0v) is 18.3. The number of aryl methyl sites for hydroxylation is 1. The van der Waals surface area contributed by atoms with Crippen molar-refractivity contribution in [1.82, 2.24) is 0 Å². The van der Waals surface area contributed by atoms with Gasteiger partial charge in [0, 0.05) is 36.0 Å². The van der Waals surface area contributed by atoms with Crippen LogP contribution < -0.4 is 10.6 Å². The Kier molecular flexibility index (Phi) is 7.64. The van der Waals surface area contributed by atoms with Gasteiger partial charge in [-0.25, -0.2) is 0 Å². The molecule has 1 heterocycles.